The molecule has 0 saturated heterocycles. The largest absolute Gasteiger partial charge is 0.493 e. The number of ether oxygens (including phenoxy) is 3. The molecule has 0 aromatic heterocycles. The summed E-state index contributed by atoms with van der Waals surface area (Å²) in [5.74, 6) is 1.93. The predicted octanol–water partition coefficient (Wildman–Crippen LogP) is 3.14. The fourth-order valence-electron chi connectivity index (χ4n) is 3.10. The van der Waals surface area contributed by atoms with Crippen molar-refractivity contribution in [3.8, 4) is 17.2 Å². The minimum atomic E-state index is 0.612. The van der Waals surface area contributed by atoms with Crippen molar-refractivity contribution in [2.75, 3.05) is 39.7 Å². The van der Waals surface area contributed by atoms with Crippen molar-refractivity contribution in [2.45, 2.75) is 13.1 Å². The highest BCUT2D eigenvalue weighted by atomic mass is 16.5. The summed E-state index contributed by atoms with van der Waals surface area (Å²) in [5, 5.41) is 3.44. The van der Waals surface area contributed by atoms with Crippen LogP contribution in [0.25, 0.3) is 0 Å². The van der Waals surface area contributed by atoms with Gasteiger partial charge in [0.25, 0.3) is 0 Å². The van der Waals surface area contributed by atoms with Crippen LogP contribution in [-0.2, 0) is 13.1 Å². The van der Waals surface area contributed by atoms with Gasteiger partial charge in [-0.3, -0.25) is 4.90 Å². The van der Waals surface area contributed by atoms with Crippen molar-refractivity contribution in [3.05, 3.63) is 47.5 Å². The molecule has 0 radical (unpaired) electrons. The van der Waals surface area contributed by atoms with Gasteiger partial charge in [0.1, 0.15) is 0 Å². The molecule has 5 heteroatoms. The van der Waals surface area contributed by atoms with Crippen molar-refractivity contribution in [1.29, 1.82) is 0 Å². The third-order valence-electron chi connectivity index (χ3n) is 4.33. The maximum Gasteiger partial charge on any atom is 0.203 e. The van der Waals surface area contributed by atoms with Crippen LogP contribution in [0.3, 0.4) is 0 Å². The highest BCUT2D eigenvalue weighted by Crippen LogP contribution is 2.39. The Labute approximate surface area is 143 Å². The summed E-state index contributed by atoms with van der Waals surface area (Å²) in [5.41, 5.74) is 3.83. The first-order chi connectivity index (χ1) is 11.7. The van der Waals surface area contributed by atoms with Gasteiger partial charge in [-0.05, 0) is 11.1 Å². The summed E-state index contributed by atoms with van der Waals surface area (Å²) in [6.45, 7) is 3.87. The molecule has 1 heterocycles. The van der Waals surface area contributed by atoms with Crippen LogP contribution in [0.1, 0.15) is 11.1 Å². The first kappa shape index (κ1) is 16.5. The number of anilines is 1. The summed E-state index contributed by atoms with van der Waals surface area (Å²) in [6, 6.07) is 12.5. The average molecular weight is 328 g/mol. The SMILES string of the molecule is COc1cc(NCCN2Cc3ccccc3C2)cc(OC)c1OC. The van der Waals surface area contributed by atoms with Crippen LogP contribution in [0.5, 0.6) is 17.2 Å². The molecule has 2 aromatic carbocycles. The Morgan fingerprint density at radius 3 is 2.00 bits per heavy atom. The zero-order chi connectivity index (χ0) is 16.9. The van der Waals surface area contributed by atoms with Crippen LogP contribution in [0.15, 0.2) is 36.4 Å². The topological polar surface area (TPSA) is 43.0 Å². The second-order valence-electron chi connectivity index (χ2n) is 5.82. The van der Waals surface area contributed by atoms with E-state index in [-0.39, 0.29) is 0 Å². The number of nitrogens with zero attached hydrogens (tertiary/aromatic N) is 1. The fraction of sp³-hybridized carbons (Fsp3) is 0.368. The molecule has 5 nitrogen and oxygen atoms in total. The Hall–Kier alpha value is -2.40. The van der Waals surface area contributed by atoms with Crippen molar-refractivity contribution < 1.29 is 14.2 Å². The second-order valence-corrected chi connectivity index (χ2v) is 5.82. The molecule has 0 bridgehead atoms. The summed E-state index contributed by atoms with van der Waals surface area (Å²) >= 11 is 0. The Morgan fingerprint density at radius 1 is 0.917 bits per heavy atom. The molecule has 0 saturated carbocycles. The molecule has 0 fully saturated rings. The lowest BCUT2D eigenvalue weighted by atomic mass is 10.1. The number of rotatable bonds is 7. The van der Waals surface area contributed by atoms with Crippen LogP contribution in [-0.4, -0.2) is 39.3 Å². The molecule has 1 aliphatic heterocycles. The molecule has 1 aliphatic rings. The quantitative estimate of drug-likeness (QED) is 0.846. The van der Waals surface area contributed by atoms with E-state index in [9.17, 15) is 0 Å². The molecule has 2 aromatic rings. The lowest BCUT2D eigenvalue weighted by Crippen LogP contribution is -2.23. The van der Waals surface area contributed by atoms with Gasteiger partial charge in [0.05, 0.1) is 21.3 Å². The predicted molar refractivity (Wildman–Crippen MR) is 95.1 cm³/mol. The molecule has 24 heavy (non-hydrogen) atoms. The van der Waals surface area contributed by atoms with Crippen LogP contribution in [0.4, 0.5) is 5.69 Å². The van der Waals surface area contributed by atoms with E-state index in [0.29, 0.717) is 17.2 Å². The Kier molecular flexibility index (Phi) is 5.11. The molecular formula is C19H24N2O3. The van der Waals surface area contributed by atoms with E-state index in [2.05, 4.69) is 34.5 Å². The highest BCUT2D eigenvalue weighted by Gasteiger charge is 2.18. The minimum Gasteiger partial charge on any atom is -0.493 e. The van der Waals surface area contributed by atoms with E-state index in [0.717, 1.165) is 31.9 Å². The van der Waals surface area contributed by atoms with E-state index >= 15 is 0 Å². The van der Waals surface area contributed by atoms with Crippen molar-refractivity contribution in [2.24, 2.45) is 0 Å². The van der Waals surface area contributed by atoms with Crippen LogP contribution in [0, 0.1) is 0 Å². The van der Waals surface area contributed by atoms with Gasteiger partial charge in [-0.2, -0.15) is 0 Å². The van der Waals surface area contributed by atoms with Crippen molar-refractivity contribution in [3.63, 3.8) is 0 Å². The van der Waals surface area contributed by atoms with Crippen molar-refractivity contribution in [1.82, 2.24) is 4.90 Å². The normalized spacial score (nSPS) is 13.5. The zero-order valence-electron chi connectivity index (χ0n) is 14.5. The number of hydrogen-bond acceptors (Lipinski definition) is 5. The van der Waals surface area contributed by atoms with E-state index in [4.69, 9.17) is 14.2 Å². The van der Waals surface area contributed by atoms with Crippen LogP contribution < -0.4 is 19.5 Å². The molecule has 0 amide bonds. The summed E-state index contributed by atoms with van der Waals surface area (Å²) < 4.78 is 16.1. The van der Waals surface area contributed by atoms with Gasteiger partial charge in [-0.1, -0.05) is 24.3 Å². The summed E-state index contributed by atoms with van der Waals surface area (Å²) in [4.78, 5) is 2.44. The Balaban J connectivity index is 1.59. The minimum absolute atomic E-state index is 0.612. The average Bonchev–Trinajstić information content (AvgIpc) is 3.03. The highest BCUT2D eigenvalue weighted by molar-refractivity contribution is 5.62. The van der Waals surface area contributed by atoms with Crippen LogP contribution in [0.2, 0.25) is 0 Å². The van der Waals surface area contributed by atoms with E-state index in [1.807, 2.05) is 12.1 Å². The molecule has 0 unspecified atom stereocenters. The van der Waals surface area contributed by atoms with E-state index in [1.54, 1.807) is 21.3 Å². The Morgan fingerprint density at radius 2 is 1.50 bits per heavy atom. The number of benzene rings is 2. The van der Waals surface area contributed by atoms with Gasteiger partial charge in [0.15, 0.2) is 11.5 Å². The first-order valence-corrected chi connectivity index (χ1v) is 8.08. The molecule has 0 aliphatic carbocycles. The van der Waals surface area contributed by atoms with E-state index < -0.39 is 0 Å². The van der Waals surface area contributed by atoms with Gasteiger partial charge >= 0.3 is 0 Å². The maximum absolute atomic E-state index is 5.39. The number of hydrogen-bond donors (Lipinski definition) is 1. The second kappa shape index (κ2) is 7.45. The monoisotopic (exact) mass is 328 g/mol. The zero-order valence-corrected chi connectivity index (χ0v) is 14.5. The van der Waals surface area contributed by atoms with Gasteiger partial charge in [-0.25, -0.2) is 0 Å². The molecule has 3 rings (SSSR count). The van der Waals surface area contributed by atoms with Gasteiger partial charge in [-0.15, -0.1) is 0 Å². The molecule has 1 N–H and O–H groups in total. The lowest BCUT2D eigenvalue weighted by molar-refractivity contribution is 0.296. The van der Waals surface area contributed by atoms with Crippen molar-refractivity contribution >= 4 is 5.69 Å². The molecule has 0 spiro atoms. The summed E-state index contributed by atoms with van der Waals surface area (Å²) in [6.07, 6.45) is 0. The first-order valence-electron chi connectivity index (χ1n) is 8.08. The van der Waals surface area contributed by atoms with Gasteiger partial charge < -0.3 is 19.5 Å². The Bertz CT molecular complexity index is 653. The fourth-order valence-corrected chi connectivity index (χ4v) is 3.10. The number of nitrogens with one attached hydrogen (secondary N) is 1. The van der Waals surface area contributed by atoms with Crippen LogP contribution >= 0.6 is 0 Å². The van der Waals surface area contributed by atoms with Gasteiger partial charge in [0.2, 0.25) is 5.75 Å². The van der Waals surface area contributed by atoms with E-state index in [1.165, 1.54) is 11.1 Å². The standard InChI is InChI=1S/C19H24N2O3/c1-22-17-10-16(11-18(23-2)19(17)24-3)20-8-9-21-12-14-6-4-5-7-15(14)13-21/h4-7,10-11,20H,8-9,12-13H2,1-3H3. The molecule has 0 atom stereocenters. The third-order valence-corrected chi connectivity index (χ3v) is 4.33. The maximum atomic E-state index is 5.39. The summed E-state index contributed by atoms with van der Waals surface area (Å²) in [7, 11) is 4.86. The molecular weight excluding hydrogens is 304 g/mol. The number of fused-ring (bicyclic) bond motifs is 1. The van der Waals surface area contributed by atoms with Gasteiger partial charge in [0, 0.05) is 44.0 Å². The third kappa shape index (κ3) is 3.41. The lowest BCUT2D eigenvalue weighted by Gasteiger charge is -2.17. The smallest absolute Gasteiger partial charge is 0.203 e. The molecule has 128 valence electrons. The number of methoxy groups -OCH3 is 3.